The highest BCUT2D eigenvalue weighted by Gasteiger charge is 2.32. The number of fused-ring (bicyclic) bond motifs is 3. The molecular formula is C27H18FIN2OS. The van der Waals surface area contributed by atoms with Gasteiger partial charge in [0.15, 0.2) is 4.80 Å². The van der Waals surface area contributed by atoms with Crippen LogP contribution < -0.4 is 14.9 Å². The van der Waals surface area contributed by atoms with Gasteiger partial charge in [0.05, 0.1) is 16.3 Å². The predicted octanol–water partition coefficient (Wildman–Crippen LogP) is 5.06. The molecule has 0 saturated carbocycles. The third-order valence-corrected chi connectivity index (χ3v) is 7.93. The lowest BCUT2D eigenvalue weighted by Crippen LogP contribution is -2.38. The summed E-state index contributed by atoms with van der Waals surface area (Å²) in [5, 5.41) is 0. The number of hydrogen-bond acceptors (Lipinski definition) is 3. The van der Waals surface area contributed by atoms with Gasteiger partial charge in [-0.2, -0.15) is 0 Å². The van der Waals surface area contributed by atoms with E-state index in [-0.39, 0.29) is 17.4 Å². The first-order chi connectivity index (χ1) is 16.1. The number of aromatic nitrogens is 1. The molecule has 0 unspecified atom stereocenters. The SMILES string of the molecule is O=c1/c(=C\c2ccc(I)cc2)sc2n1[C@@H](c1ccc(F)cc1)C1=C(N=2)c2ccccc2CC1. The number of rotatable bonds is 2. The molecule has 162 valence electrons. The maximum Gasteiger partial charge on any atom is 0.271 e. The molecule has 1 aliphatic heterocycles. The van der Waals surface area contributed by atoms with Crippen LogP contribution in [0.25, 0.3) is 11.8 Å². The van der Waals surface area contributed by atoms with Crippen LogP contribution in [0, 0.1) is 9.39 Å². The Morgan fingerprint density at radius 2 is 1.76 bits per heavy atom. The minimum Gasteiger partial charge on any atom is -0.272 e. The second kappa shape index (κ2) is 8.18. The molecule has 0 radical (unpaired) electrons. The number of benzene rings is 3. The van der Waals surface area contributed by atoms with Crippen molar-refractivity contribution in [1.29, 1.82) is 0 Å². The molecule has 0 amide bonds. The summed E-state index contributed by atoms with van der Waals surface area (Å²) in [6, 6.07) is 22.6. The fourth-order valence-electron chi connectivity index (χ4n) is 4.68. The van der Waals surface area contributed by atoms with Crippen molar-refractivity contribution in [1.82, 2.24) is 4.57 Å². The molecule has 1 aromatic heterocycles. The zero-order valence-corrected chi connectivity index (χ0v) is 20.4. The van der Waals surface area contributed by atoms with Gasteiger partial charge in [0.25, 0.3) is 5.56 Å². The van der Waals surface area contributed by atoms with E-state index in [1.165, 1.54) is 29.0 Å². The van der Waals surface area contributed by atoms with Gasteiger partial charge in [0.1, 0.15) is 5.82 Å². The minimum atomic E-state index is -0.288. The Hall–Kier alpha value is -2.84. The summed E-state index contributed by atoms with van der Waals surface area (Å²) in [6.07, 6.45) is 3.65. The summed E-state index contributed by atoms with van der Waals surface area (Å²) in [6.45, 7) is 0. The molecule has 3 nitrogen and oxygen atoms in total. The van der Waals surface area contributed by atoms with Crippen LogP contribution in [0.4, 0.5) is 4.39 Å². The number of thiazole rings is 1. The molecule has 3 aromatic carbocycles. The Balaban J connectivity index is 1.62. The summed E-state index contributed by atoms with van der Waals surface area (Å²) < 4.78 is 17.3. The summed E-state index contributed by atoms with van der Waals surface area (Å²) in [5.41, 5.74) is 6.30. The molecule has 0 spiro atoms. The van der Waals surface area contributed by atoms with Crippen molar-refractivity contribution in [2.24, 2.45) is 4.99 Å². The van der Waals surface area contributed by atoms with Crippen LogP contribution >= 0.6 is 33.9 Å². The van der Waals surface area contributed by atoms with Gasteiger partial charge < -0.3 is 0 Å². The lowest BCUT2D eigenvalue weighted by Gasteiger charge is -2.30. The zero-order chi connectivity index (χ0) is 22.5. The lowest BCUT2D eigenvalue weighted by molar-refractivity contribution is 0.581. The first-order valence-electron chi connectivity index (χ1n) is 10.7. The van der Waals surface area contributed by atoms with E-state index in [9.17, 15) is 9.18 Å². The van der Waals surface area contributed by atoms with E-state index >= 15 is 0 Å². The first kappa shape index (κ1) is 20.7. The van der Waals surface area contributed by atoms with Crippen molar-refractivity contribution in [3.8, 4) is 0 Å². The molecule has 0 saturated heterocycles. The van der Waals surface area contributed by atoms with E-state index in [2.05, 4.69) is 40.8 Å². The summed E-state index contributed by atoms with van der Waals surface area (Å²) >= 11 is 3.68. The average Bonchev–Trinajstić information content (AvgIpc) is 3.14. The molecule has 0 N–H and O–H groups in total. The molecule has 4 aromatic rings. The van der Waals surface area contributed by atoms with E-state index in [0.717, 1.165) is 44.4 Å². The van der Waals surface area contributed by atoms with Crippen LogP contribution in [0.1, 0.15) is 34.7 Å². The third-order valence-electron chi connectivity index (χ3n) is 6.23. The molecule has 2 aliphatic rings. The van der Waals surface area contributed by atoms with E-state index in [4.69, 9.17) is 4.99 Å². The van der Waals surface area contributed by atoms with Crippen molar-refractivity contribution in [2.75, 3.05) is 0 Å². The normalized spacial score (nSPS) is 17.3. The molecule has 0 bridgehead atoms. The Morgan fingerprint density at radius 1 is 1.00 bits per heavy atom. The van der Waals surface area contributed by atoms with Crippen LogP contribution in [0.2, 0.25) is 0 Å². The fraction of sp³-hybridized carbons (Fsp3) is 0.111. The number of aryl methyl sites for hydroxylation is 1. The zero-order valence-electron chi connectivity index (χ0n) is 17.5. The smallest absolute Gasteiger partial charge is 0.271 e. The maximum atomic E-state index is 13.7. The number of allylic oxidation sites excluding steroid dienone is 1. The molecule has 0 fully saturated rings. The largest absolute Gasteiger partial charge is 0.272 e. The number of nitrogens with zero attached hydrogens (tertiary/aromatic N) is 2. The van der Waals surface area contributed by atoms with Crippen LogP contribution in [-0.2, 0) is 6.42 Å². The van der Waals surface area contributed by atoms with Gasteiger partial charge in [-0.25, -0.2) is 9.38 Å². The Kier molecular flexibility index (Phi) is 5.14. The second-order valence-electron chi connectivity index (χ2n) is 8.22. The van der Waals surface area contributed by atoms with Crippen LogP contribution in [0.15, 0.2) is 88.2 Å². The van der Waals surface area contributed by atoms with Gasteiger partial charge in [0.2, 0.25) is 0 Å². The lowest BCUT2D eigenvalue weighted by atomic mass is 9.83. The van der Waals surface area contributed by atoms with Crippen LogP contribution in [0.3, 0.4) is 0 Å². The fourth-order valence-corrected chi connectivity index (χ4v) is 6.04. The molecular weight excluding hydrogens is 546 g/mol. The summed E-state index contributed by atoms with van der Waals surface area (Å²) in [5.74, 6) is -0.284. The quantitative estimate of drug-likeness (QED) is 0.314. The van der Waals surface area contributed by atoms with Crippen molar-refractivity contribution in [3.63, 3.8) is 0 Å². The van der Waals surface area contributed by atoms with Gasteiger partial charge >= 0.3 is 0 Å². The van der Waals surface area contributed by atoms with E-state index in [1.807, 2.05) is 36.4 Å². The van der Waals surface area contributed by atoms with E-state index in [0.29, 0.717) is 9.33 Å². The monoisotopic (exact) mass is 564 g/mol. The molecule has 6 heteroatoms. The number of hydrogen-bond donors (Lipinski definition) is 0. The highest BCUT2D eigenvalue weighted by Crippen LogP contribution is 2.41. The van der Waals surface area contributed by atoms with Crippen molar-refractivity contribution in [3.05, 3.63) is 130 Å². The molecule has 1 aliphatic carbocycles. The summed E-state index contributed by atoms with van der Waals surface area (Å²) in [7, 11) is 0. The highest BCUT2D eigenvalue weighted by molar-refractivity contribution is 14.1. The van der Waals surface area contributed by atoms with Gasteiger partial charge in [-0.15, -0.1) is 0 Å². The molecule has 33 heavy (non-hydrogen) atoms. The van der Waals surface area contributed by atoms with E-state index < -0.39 is 0 Å². The first-order valence-corrected chi connectivity index (χ1v) is 12.6. The summed E-state index contributed by atoms with van der Waals surface area (Å²) in [4.78, 5) is 19.3. The topological polar surface area (TPSA) is 34.4 Å². The Bertz CT molecular complexity index is 1600. The standard InChI is InChI=1S/C27H18FIN2OS/c28-19-10-7-18(8-11-19)25-22-14-9-17-3-1-2-4-21(17)24(22)30-27-31(25)26(32)23(33-27)15-16-5-12-20(29)13-6-16/h1-8,10-13,15,25H,9,14H2/b23-15+/t25-/m0/s1. The van der Waals surface area contributed by atoms with E-state index in [1.54, 1.807) is 16.7 Å². The van der Waals surface area contributed by atoms with Gasteiger partial charge in [0, 0.05) is 9.13 Å². The second-order valence-corrected chi connectivity index (χ2v) is 10.5. The molecule has 6 rings (SSSR count). The maximum absolute atomic E-state index is 13.7. The number of halogens is 2. The van der Waals surface area contributed by atoms with Crippen molar-refractivity contribution in [2.45, 2.75) is 18.9 Å². The van der Waals surface area contributed by atoms with Crippen LogP contribution in [0.5, 0.6) is 0 Å². The van der Waals surface area contributed by atoms with Crippen molar-refractivity contribution < 1.29 is 4.39 Å². The van der Waals surface area contributed by atoms with Crippen LogP contribution in [-0.4, -0.2) is 4.57 Å². The average molecular weight is 564 g/mol. The van der Waals surface area contributed by atoms with Gasteiger partial charge in [-0.05, 0) is 88.0 Å². The highest BCUT2D eigenvalue weighted by atomic mass is 127. The Labute approximate surface area is 207 Å². The van der Waals surface area contributed by atoms with Gasteiger partial charge in [-0.3, -0.25) is 9.36 Å². The molecule has 2 heterocycles. The van der Waals surface area contributed by atoms with Gasteiger partial charge in [-0.1, -0.05) is 59.9 Å². The third kappa shape index (κ3) is 3.61. The predicted molar refractivity (Wildman–Crippen MR) is 138 cm³/mol. The van der Waals surface area contributed by atoms with Crippen molar-refractivity contribution >= 4 is 45.7 Å². The minimum absolute atomic E-state index is 0.0583. The Morgan fingerprint density at radius 3 is 2.55 bits per heavy atom. The molecule has 1 atom stereocenters.